The van der Waals surface area contributed by atoms with E-state index < -0.39 is 5.63 Å². The molecule has 0 atom stereocenters. The summed E-state index contributed by atoms with van der Waals surface area (Å²) in [4.78, 5) is 12.6. The van der Waals surface area contributed by atoms with E-state index in [1.807, 2.05) is 66.7 Å². The van der Waals surface area contributed by atoms with Gasteiger partial charge in [-0.2, -0.15) is 0 Å². The molecule has 5 aromatic rings. The second kappa shape index (κ2) is 8.20. The fourth-order valence-corrected chi connectivity index (χ4v) is 4.15. The molecule has 0 aliphatic rings. The summed E-state index contributed by atoms with van der Waals surface area (Å²) in [7, 11) is 0. The molecule has 0 aliphatic carbocycles. The third kappa shape index (κ3) is 3.87. The molecule has 0 unspecified atom stereocenters. The average molecular weight is 430 g/mol. The van der Waals surface area contributed by atoms with Crippen LogP contribution in [0, 0.1) is 0 Å². The second-order valence-electron chi connectivity index (χ2n) is 7.06. The molecule has 2 aromatic heterocycles. The molecule has 5 rings (SSSR count). The van der Waals surface area contributed by atoms with Crippen molar-refractivity contribution in [3.8, 4) is 16.3 Å². The number of nitrogens with one attached hydrogen (secondary N) is 1. The molecule has 0 spiro atoms. The topological polar surface area (TPSA) is 77.2 Å². The van der Waals surface area contributed by atoms with Crippen LogP contribution in [-0.4, -0.2) is 16.8 Å². The number of rotatable bonds is 6. The molecule has 0 fully saturated rings. The lowest BCUT2D eigenvalue weighted by Crippen LogP contribution is -2.02. The monoisotopic (exact) mass is 429 g/mol. The van der Waals surface area contributed by atoms with Gasteiger partial charge in [-0.3, -0.25) is 0 Å². The minimum atomic E-state index is -0.428. The summed E-state index contributed by atoms with van der Waals surface area (Å²) in [6.45, 7) is 2.76. The molecule has 0 bridgehead atoms. The standard InChI is InChI=1S/C24H19N3O3S/c1-2-13-29-17-10-8-16(9-11-17)25-24-27-26-22(31-24)20-14-19-18-6-4-3-5-15(18)7-12-21(19)30-23(20)28/h3-12,14H,2,13H2,1H3,(H,25,27). The van der Waals surface area contributed by atoms with E-state index in [-0.39, 0.29) is 0 Å². The predicted molar refractivity (Wildman–Crippen MR) is 124 cm³/mol. The smallest absolute Gasteiger partial charge is 0.346 e. The summed E-state index contributed by atoms with van der Waals surface area (Å²) < 4.78 is 11.2. The fourth-order valence-electron chi connectivity index (χ4n) is 3.38. The van der Waals surface area contributed by atoms with Gasteiger partial charge in [-0.1, -0.05) is 48.6 Å². The Morgan fingerprint density at radius 1 is 1.00 bits per heavy atom. The molecule has 154 valence electrons. The largest absolute Gasteiger partial charge is 0.494 e. The Hall–Kier alpha value is -3.71. The maximum atomic E-state index is 12.6. The summed E-state index contributed by atoms with van der Waals surface area (Å²) in [6.07, 6.45) is 0.964. The van der Waals surface area contributed by atoms with Crippen LogP contribution in [0.2, 0.25) is 0 Å². The molecular formula is C24H19N3O3S. The number of anilines is 2. The van der Waals surface area contributed by atoms with Gasteiger partial charge in [0.2, 0.25) is 5.13 Å². The maximum absolute atomic E-state index is 12.6. The molecule has 3 aromatic carbocycles. The number of nitrogens with zero attached hydrogens (tertiary/aromatic N) is 2. The minimum absolute atomic E-state index is 0.401. The van der Waals surface area contributed by atoms with Gasteiger partial charge in [-0.15, -0.1) is 10.2 Å². The van der Waals surface area contributed by atoms with Gasteiger partial charge in [0, 0.05) is 11.1 Å². The van der Waals surface area contributed by atoms with Crippen LogP contribution in [0.3, 0.4) is 0 Å². The first-order valence-corrected chi connectivity index (χ1v) is 10.8. The number of fused-ring (bicyclic) bond motifs is 3. The number of hydrogen-bond acceptors (Lipinski definition) is 7. The predicted octanol–water partition coefficient (Wildman–Crippen LogP) is 6.00. The van der Waals surface area contributed by atoms with Gasteiger partial charge in [-0.25, -0.2) is 4.79 Å². The van der Waals surface area contributed by atoms with E-state index in [0.29, 0.717) is 27.9 Å². The highest BCUT2D eigenvalue weighted by Gasteiger charge is 2.15. The molecule has 0 radical (unpaired) electrons. The van der Waals surface area contributed by atoms with Crippen molar-refractivity contribution in [2.24, 2.45) is 0 Å². The summed E-state index contributed by atoms with van der Waals surface area (Å²) in [6, 6.07) is 21.3. The van der Waals surface area contributed by atoms with Crippen LogP contribution in [0.15, 0.2) is 75.9 Å². The van der Waals surface area contributed by atoms with Gasteiger partial charge in [-0.05, 0) is 53.6 Å². The lowest BCUT2D eigenvalue weighted by atomic mass is 10.0. The fraction of sp³-hybridized carbons (Fsp3) is 0.125. The Bertz CT molecular complexity index is 1420. The van der Waals surface area contributed by atoms with Crippen LogP contribution in [0.5, 0.6) is 5.75 Å². The second-order valence-corrected chi connectivity index (χ2v) is 8.03. The van der Waals surface area contributed by atoms with Gasteiger partial charge in [0.25, 0.3) is 0 Å². The molecule has 7 heteroatoms. The third-order valence-electron chi connectivity index (χ3n) is 4.88. The van der Waals surface area contributed by atoms with Crippen LogP contribution >= 0.6 is 11.3 Å². The van der Waals surface area contributed by atoms with E-state index in [1.165, 1.54) is 11.3 Å². The molecule has 0 amide bonds. The summed E-state index contributed by atoms with van der Waals surface area (Å²) in [5, 5.41) is 15.7. The molecule has 2 heterocycles. The highest BCUT2D eigenvalue weighted by atomic mass is 32.1. The summed E-state index contributed by atoms with van der Waals surface area (Å²) in [5.41, 5.74) is 1.39. The Kier molecular flexibility index (Phi) is 5.09. The Balaban J connectivity index is 1.45. The number of benzene rings is 3. The van der Waals surface area contributed by atoms with E-state index in [9.17, 15) is 4.79 Å². The first-order chi connectivity index (χ1) is 15.2. The zero-order valence-corrected chi connectivity index (χ0v) is 17.6. The quantitative estimate of drug-likeness (QED) is 0.264. The summed E-state index contributed by atoms with van der Waals surface area (Å²) >= 11 is 1.30. The van der Waals surface area contributed by atoms with Crippen molar-refractivity contribution in [2.75, 3.05) is 11.9 Å². The van der Waals surface area contributed by atoms with Crippen LogP contribution in [0.4, 0.5) is 10.8 Å². The Morgan fingerprint density at radius 3 is 2.68 bits per heavy atom. The van der Waals surface area contributed by atoms with Crippen LogP contribution in [0.1, 0.15) is 13.3 Å². The number of aromatic nitrogens is 2. The van der Waals surface area contributed by atoms with Crippen molar-refractivity contribution in [3.63, 3.8) is 0 Å². The summed E-state index contributed by atoms with van der Waals surface area (Å²) in [5.74, 6) is 0.825. The Labute approximate surface area is 182 Å². The molecule has 1 N–H and O–H groups in total. The van der Waals surface area contributed by atoms with Crippen LogP contribution < -0.4 is 15.7 Å². The van der Waals surface area contributed by atoms with E-state index in [4.69, 9.17) is 9.15 Å². The molecular weight excluding hydrogens is 410 g/mol. The molecule has 0 saturated carbocycles. The van der Waals surface area contributed by atoms with Gasteiger partial charge >= 0.3 is 5.63 Å². The highest BCUT2D eigenvalue weighted by molar-refractivity contribution is 7.18. The minimum Gasteiger partial charge on any atom is -0.494 e. The normalized spacial score (nSPS) is 11.1. The van der Waals surface area contributed by atoms with Crippen molar-refractivity contribution in [2.45, 2.75) is 13.3 Å². The number of hydrogen-bond donors (Lipinski definition) is 1. The first kappa shape index (κ1) is 19.3. The van der Waals surface area contributed by atoms with Gasteiger partial charge < -0.3 is 14.5 Å². The van der Waals surface area contributed by atoms with E-state index in [2.05, 4.69) is 22.4 Å². The van der Waals surface area contributed by atoms with Crippen molar-refractivity contribution < 1.29 is 9.15 Å². The van der Waals surface area contributed by atoms with E-state index >= 15 is 0 Å². The van der Waals surface area contributed by atoms with Crippen molar-refractivity contribution in [3.05, 3.63) is 77.2 Å². The van der Waals surface area contributed by atoms with Crippen LogP contribution in [-0.2, 0) is 0 Å². The lowest BCUT2D eigenvalue weighted by Gasteiger charge is -2.06. The Morgan fingerprint density at radius 2 is 1.84 bits per heavy atom. The van der Waals surface area contributed by atoms with E-state index in [1.54, 1.807) is 0 Å². The maximum Gasteiger partial charge on any atom is 0.346 e. The number of ether oxygens (including phenoxy) is 1. The third-order valence-corrected chi connectivity index (χ3v) is 5.75. The van der Waals surface area contributed by atoms with Crippen molar-refractivity contribution in [1.29, 1.82) is 0 Å². The highest BCUT2D eigenvalue weighted by Crippen LogP contribution is 2.31. The van der Waals surface area contributed by atoms with Crippen molar-refractivity contribution >= 4 is 43.9 Å². The molecule has 31 heavy (non-hydrogen) atoms. The molecule has 0 saturated heterocycles. The van der Waals surface area contributed by atoms with Gasteiger partial charge in [0.05, 0.1) is 12.2 Å². The zero-order chi connectivity index (χ0) is 21.2. The van der Waals surface area contributed by atoms with Gasteiger partial charge in [0.1, 0.15) is 11.3 Å². The molecule has 0 aliphatic heterocycles. The SMILES string of the molecule is CCCOc1ccc(Nc2nnc(-c3cc4c(ccc5ccccc54)oc3=O)s2)cc1. The molecule has 6 nitrogen and oxygen atoms in total. The average Bonchev–Trinajstić information content (AvgIpc) is 3.26. The van der Waals surface area contributed by atoms with Gasteiger partial charge in [0.15, 0.2) is 5.01 Å². The first-order valence-electron chi connectivity index (χ1n) is 10.0. The zero-order valence-electron chi connectivity index (χ0n) is 16.8. The van der Waals surface area contributed by atoms with E-state index in [0.717, 1.165) is 34.0 Å². The van der Waals surface area contributed by atoms with Crippen LogP contribution in [0.25, 0.3) is 32.3 Å². The lowest BCUT2D eigenvalue weighted by molar-refractivity contribution is 0.317. The van der Waals surface area contributed by atoms with Crippen molar-refractivity contribution in [1.82, 2.24) is 10.2 Å².